The van der Waals surface area contributed by atoms with Crippen molar-refractivity contribution < 1.29 is 4.74 Å². The first kappa shape index (κ1) is 22.1. The number of ether oxygens (including phenoxy) is 1. The second-order valence-electron chi connectivity index (χ2n) is 8.79. The molecule has 2 heterocycles. The highest BCUT2D eigenvalue weighted by Gasteiger charge is 2.35. The van der Waals surface area contributed by atoms with Crippen LogP contribution in [-0.2, 0) is 10.2 Å². The summed E-state index contributed by atoms with van der Waals surface area (Å²) in [5, 5.41) is 7.15. The Morgan fingerprint density at radius 3 is 2.72 bits per heavy atom. The summed E-state index contributed by atoms with van der Waals surface area (Å²) in [5.41, 5.74) is 2.94. The van der Waals surface area contributed by atoms with Crippen molar-refractivity contribution in [3.05, 3.63) is 35.4 Å². The van der Waals surface area contributed by atoms with Gasteiger partial charge in [0.25, 0.3) is 0 Å². The van der Waals surface area contributed by atoms with Crippen molar-refractivity contribution in [2.45, 2.75) is 63.8 Å². The summed E-state index contributed by atoms with van der Waals surface area (Å²) in [7, 11) is 1.87. The molecule has 0 radical (unpaired) electrons. The van der Waals surface area contributed by atoms with Gasteiger partial charge in [0, 0.05) is 51.4 Å². The number of nitrogens with zero attached hydrogens (tertiary/aromatic N) is 2. The second-order valence-corrected chi connectivity index (χ2v) is 8.79. The van der Waals surface area contributed by atoms with Gasteiger partial charge in [0.05, 0.1) is 0 Å². The molecule has 0 bridgehead atoms. The minimum Gasteiger partial charge on any atom is -0.381 e. The Hall–Kier alpha value is -1.59. The van der Waals surface area contributed by atoms with E-state index in [2.05, 4.69) is 58.6 Å². The third kappa shape index (κ3) is 5.95. The third-order valence-electron chi connectivity index (χ3n) is 6.84. The second kappa shape index (κ2) is 11.0. The normalized spacial score (nSPS) is 23.0. The van der Waals surface area contributed by atoms with E-state index in [-0.39, 0.29) is 5.41 Å². The van der Waals surface area contributed by atoms with E-state index in [4.69, 9.17) is 4.74 Å². The van der Waals surface area contributed by atoms with Crippen molar-refractivity contribution in [1.82, 2.24) is 15.5 Å². The van der Waals surface area contributed by atoms with Crippen LogP contribution in [0.15, 0.2) is 29.3 Å². The van der Waals surface area contributed by atoms with Gasteiger partial charge in [-0.3, -0.25) is 4.99 Å². The van der Waals surface area contributed by atoms with Crippen molar-refractivity contribution in [3.63, 3.8) is 0 Å². The van der Waals surface area contributed by atoms with Crippen molar-refractivity contribution in [2.75, 3.05) is 46.4 Å². The zero-order valence-electron chi connectivity index (χ0n) is 18.7. The van der Waals surface area contributed by atoms with E-state index in [0.29, 0.717) is 0 Å². The summed E-state index contributed by atoms with van der Waals surface area (Å²) in [6.45, 7) is 10.5. The number of nitrogens with one attached hydrogen (secondary N) is 2. The highest BCUT2D eigenvalue weighted by Crippen LogP contribution is 2.36. The zero-order valence-corrected chi connectivity index (χ0v) is 18.7. The maximum atomic E-state index is 5.69. The molecule has 5 nitrogen and oxygen atoms in total. The Morgan fingerprint density at radius 2 is 2.00 bits per heavy atom. The molecule has 0 amide bonds. The van der Waals surface area contributed by atoms with Crippen LogP contribution >= 0.6 is 0 Å². The lowest BCUT2D eigenvalue weighted by atomic mass is 9.72. The molecule has 2 aliphatic rings. The summed E-state index contributed by atoms with van der Waals surface area (Å²) >= 11 is 0. The molecule has 1 unspecified atom stereocenters. The van der Waals surface area contributed by atoms with Crippen LogP contribution in [0.1, 0.15) is 56.6 Å². The minimum atomic E-state index is 0.116. The highest BCUT2D eigenvalue weighted by atomic mass is 16.5. The molecule has 2 aliphatic heterocycles. The van der Waals surface area contributed by atoms with Gasteiger partial charge < -0.3 is 20.3 Å². The van der Waals surface area contributed by atoms with Crippen molar-refractivity contribution in [3.8, 4) is 0 Å². The number of piperidine rings is 1. The maximum Gasteiger partial charge on any atom is 0.191 e. The molecule has 1 atom stereocenters. The van der Waals surface area contributed by atoms with Crippen LogP contribution in [0.2, 0.25) is 0 Å². The van der Waals surface area contributed by atoms with E-state index in [0.717, 1.165) is 57.6 Å². The van der Waals surface area contributed by atoms with Crippen LogP contribution in [0.4, 0.5) is 0 Å². The van der Waals surface area contributed by atoms with E-state index >= 15 is 0 Å². The summed E-state index contributed by atoms with van der Waals surface area (Å²) < 4.78 is 5.69. The van der Waals surface area contributed by atoms with Gasteiger partial charge in [-0.15, -0.1) is 0 Å². The van der Waals surface area contributed by atoms with Gasteiger partial charge in [0.1, 0.15) is 0 Å². The maximum absolute atomic E-state index is 5.69. The van der Waals surface area contributed by atoms with Gasteiger partial charge in [-0.2, -0.15) is 0 Å². The molecule has 5 heteroatoms. The Labute approximate surface area is 177 Å². The Kier molecular flexibility index (Phi) is 8.37. The summed E-state index contributed by atoms with van der Waals surface area (Å²) in [6, 6.07) is 9.54. The fraction of sp³-hybridized carbons (Fsp3) is 0.708. The summed E-state index contributed by atoms with van der Waals surface area (Å²) in [4.78, 5) is 7.10. The molecule has 0 spiro atoms. The predicted molar refractivity (Wildman–Crippen MR) is 122 cm³/mol. The van der Waals surface area contributed by atoms with Gasteiger partial charge in [0.2, 0.25) is 0 Å². The molecule has 1 aromatic carbocycles. The Morgan fingerprint density at radius 1 is 1.21 bits per heavy atom. The lowest BCUT2D eigenvalue weighted by Gasteiger charge is -2.39. The zero-order chi connectivity index (χ0) is 20.5. The van der Waals surface area contributed by atoms with E-state index in [1.54, 1.807) is 0 Å². The first-order valence-electron chi connectivity index (χ1n) is 11.5. The Balaban J connectivity index is 1.51. The minimum absolute atomic E-state index is 0.116. The molecular weight excluding hydrogens is 360 g/mol. The Bertz CT molecular complexity index is 654. The first-order valence-corrected chi connectivity index (χ1v) is 11.5. The molecule has 0 saturated carbocycles. The van der Waals surface area contributed by atoms with Gasteiger partial charge >= 0.3 is 0 Å². The predicted octanol–water partition coefficient (Wildman–Crippen LogP) is 3.47. The van der Waals surface area contributed by atoms with E-state index in [1.165, 1.54) is 43.5 Å². The lowest BCUT2D eigenvalue weighted by Crippen LogP contribution is -2.48. The van der Waals surface area contributed by atoms with Crippen LogP contribution in [0.25, 0.3) is 0 Å². The molecule has 29 heavy (non-hydrogen) atoms. The van der Waals surface area contributed by atoms with E-state index in [1.807, 2.05) is 7.05 Å². The molecule has 0 aliphatic carbocycles. The van der Waals surface area contributed by atoms with E-state index < -0.39 is 0 Å². The van der Waals surface area contributed by atoms with Crippen molar-refractivity contribution in [1.29, 1.82) is 0 Å². The SMILES string of the molecule is CN=C(NCCCN1CCCCC1C)NCC1(c2ccccc2C)CCOCC1. The fourth-order valence-corrected chi connectivity index (χ4v) is 4.92. The molecule has 162 valence electrons. The number of aryl methyl sites for hydroxylation is 1. The van der Waals surface area contributed by atoms with Gasteiger partial charge in [0.15, 0.2) is 5.96 Å². The van der Waals surface area contributed by atoms with Crippen LogP contribution in [0.3, 0.4) is 0 Å². The third-order valence-corrected chi connectivity index (χ3v) is 6.84. The summed E-state index contributed by atoms with van der Waals surface area (Å²) in [5.74, 6) is 0.913. The van der Waals surface area contributed by atoms with Crippen LogP contribution < -0.4 is 10.6 Å². The number of rotatable bonds is 7. The molecule has 0 aromatic heterocycles. The standard InChI is InChI=1S/C24H40N4O/c1-20-9-4-5-11-22(20)24(12-17-29-18-13-24)19-27-23(25-3)26-14-8-16-28-15-7-6-10-21(28)2/h4-5,9,11,21H,6-8,10,12-19H2,1-3H3,(H2,25,26,27). The number of benzene rings is 1. The average molecular weight is 401 g/mol. The monoisotopic (exact) mass is 400 g/mol. The topological polar surface area (TPSA) is 48.9 Å². The average Bonchev–Trinajstić information content (AvgIpc) is 2.75. The lowest BCUT2D eigenvalue weighted by molar-refractivity contribution is 0.0512. The first-order chi connectivity index (χ1) is 14.1. The van der Waals surface area contributed by atoms with Gasteiger partial charge in [-0.25, -0.2) is 0 Å². The number of hydrogen-bond acceptors (Lipinski definition) is 3. The van der Waals surface area contributed by atoms with Crippen LogP contribution in [-0.4, -0.2) is 63.3 Å². The number of likely N-dealkylation sites (tertiary alicyclic amines) is 1. The molecule has 2 fully saturated rings. The smallest absolute Gasteiger partial charge is 0.191 e. The van der Waals surface area contributed by atoms with Crippen molar-refractivity contribution >= 4 is 5.96 Å². The molecule has 2 N–H and O–H groups in total. The highest BCUT2D eigenvalue weighted by molar-refractivity contribution is 5.79. The van der Waals surface area contributed by atoms with Gasteiger partial charge in [-0.1, -0.05) is 30.7 Å². The molecule has 3 rings (SSSR count). The summed E-state index contributed by atoms with van der Waals surface area (Å²) in [6.07, 6.45) is 7.35. The molecule has 2 saturated heterocycles. The van der Waals surface area contributed by atoms with Crippen LogP contribution in [0, 0.1) is 6.92 Å². The molecule has 1 aromatic rings. The van der Waals surface area contributed by atoms with Gasteiger partial charge in [-0.05, 0) is 63.6 Å². The van der Waals surface area contributed by atoms with Crippen molar-refractivity contribution in [2.24, 2.45) is 4.99 Å². The quantitative estimate of drug-likeness (QED) is 0.418. The van der Waals surface area contributed by atoms with E-state index in [9.17, 15) is 0 Å². The molecular formula is C24H40N4O. The van der Waals surface area contributed by atoms with Crippen LogP contribution in [0.5, 0.6) is 0 Å². The number of aliphatic imine (C=N–C) groups is 1. The number of guanidine groups is 1. The largest absolute Gasteiger partial charge is 0.381 e. The fourth-order valence-electron chi connectivity index (χ4n) is 4.92. The number of hydrogen-bond donors (Lipinski definition) is 2.